The van der Waals surface area contributed by atoms with Crippen LogP contribution < -0.4 is 15.5 Å². The van der Waals surface area contributed by atoms with Crippen molar-refractivity contribution in [1.82, 2.24) is 10.6 Å². The molecule has 2 aromatic rings. The third-order valence-corrected chi connectivity index (χ3v) is 4.45. The maximum Gasteiger partial charge on any atom is 0.251 e. The molecule has 5 nitrogen and oxygen atoms in total. The molecule has 0 aliphatic carbocycles. The Kier molecular flexibility index (Phi) is 5.67. The van der Waals surface area contributed by atoms with Crippen molar-refractivity contribution in [1.29, 1.82) is 0 Å². The van der Waals surface area contributed by atoms with E-state index < -0.39 is 0 Å². The van der Waals surface area contributed by atoms with Crippen LogP contribution in [0.3, 0.4) is 0 Å². The Labute approximate surface area is 148 Å². The third kappa shape index (κ3) is 4.59. The van der Waals surface area contributed by atoms with Crippen LogP contribution in [0.4, 0.5) is 5.69 Å². The Morgan fingerprint density at radius 1 is 0.960 bits per heavy atom. The van der Waals surface area contributed by atoms with Crippen LogP contribution in [0.1, 0.15) is 23.2 Å². The van der Waals surface area contributed by atoms with Crippen LogP contribution in [0.15, 0.2) is 60.7 Å². The van der Waals surface area contributed by atoms with Crippen molar-refractivity contribution in [3.63, 3.8) is 0 Å². The number of rotatable bonds is 6. The summed E-state index contributed by atoms with van der Waals surface area (Å²) in [5.74, 6) is -0.397. The van der Waals surface area contributed by atoms with E-state index in [1.54, 1.807) is 24.3 Å². The molecule has 1 fully saturated rings. The Bertz CT molecular complexity index is 703. The summed E-state index contributed by atoms with van der Waals surface area (Å²) >= 11 is 0. The minimum Gasteiger partial charge on any atom is -0.367 e. The number of benzene rings is 2. The highest BCUT2D eigenvalue weighted by atomic mass is 16.2. The molecule has 0 saturated carbocycles. The quantitative estimate of drug-likeness (QED) is 0.849. The highest BCUT2D eigenvalue weighted by Gasteiger charge is 2.24. The molecule has 0 bridgehead atoms. The Morgan fingerprint density at radius 3 is 2.36 bits per heavy atom. The van der Waals surface area contributed by atoms with Gasteiger partial charge in [0.15, 0.2) is 0 Å². The van der Waals surface area contributed by atoms with Crippen molar-refractivity contribution in [2.75, 3.05) is 24.5 Å². The van der Waals surface area contributed by atoms with E-state index >= 15 is 0 Å². The van der Waals surface area contributed by atoms with Crippen molar-refractivity contribution in [3.05, 3.63) is 66.2 Å². The van der Waals surface area contributed by atoms with Crippen LogP contribution in [-0.2, 0) is 4.79 Å². The average molecular weight is 337 g/mol. The highest BCUT2D eigenvalue weighted by molar-refractivity contribution is 5.96. The SMILES string of the molecule is O=C(CNC(=O)c1ccccc1)NCC1CCCN1c1ccccc1. The first-order chi connectivity index (χ1) is 12.2. The lowest BCUT2D eigenvalue weighted by molar-refractivity contribution is -0.120. The van der Waals surface area contributed by atoms with Crippen molar-refractivity contribution in [2.24, 2.45) is 0 Å². The molecule has 1 heterocycles. The van der Waals surface area contributed by atoms with Crippen LogP contribution in [0.2, 0.25) is 0 Å². The summed E-state index contributed by atoms with van der Waals surface area (Å²) in [6, 6.07) is 19.5. The molecule has 1 unspecified atom stereocenters. The summed E-state index contributed by atoms with van der Waals surface area (Å²) in [4.78, 5) is 26.3. The fourth-order valence-corrected chi connectivity index (χ4v) is 3.15. The Balaban J connectivity index is 1.45. The summed E-state index contributed by atoms with van der Waals surface area (Å²) in [5.41, 5.74) is 1.75. The van der Waals surface area contributed by atoms with E-state index in [0.29, 0.717) is 18.2 Å². The molecule has 0 spiro atoms. The van der Waals surface area contributed by atoms with Crippen LogP contribution in [0, 0.1) is 0 Å². The van der Waals surface area contributed by atoms with Gasteiger partial charge in [-0.2, -0.15) is 0 Å². The molecule has 2 N–H and O–H groups in total. The summed E-state index contributed by atoms with van der Waals surface area (Å²) in [7, 11) is 0. The van der Waals surface area contributed by atoms with Crippen molar-refractivity contribution >= 4 is 17.5 Å². The Hall–Kier alpha value is -2.82. The zero-order valence-corrected chi connectivity index (χ0v) is 14.2. The summed E-state index contributed by atoms with van der Waals surface area (Å²) < 4.78 is 0. The molecule has 1 aliphatic heterocycles. The summed E-state index contributed by atoms with van der Waals surface area (Å²) in [6.45, 7) is 1.59. The minimum absolute atomic E-state index is 0.00815. The third-order valence-electron chi connectivity index (χ3n) is 4.45. The van der Waals surface area contributed by atoms with E-state index in [4.69, 9.17) is 0 Å². The lowest BCUT2D eigenvalue weighted by Crippen LogP contribution is -2.43. The number of hydrogen-bond acceptors (Lipinski definition) is 3. The van der Waals surface area contributed by atoms with Gasteiger partial charge in [-0.15, -0.1) is 0 Å². The molecule has 0 radical (unpaired) electrons. The average Bonchev–Trinajstić information content (AvgIpc) is 3.14. The largest absolute Gasteiger partial charge is 0.367 e. The van der Waals surface area contributed by atoms with Gasteiger partial charge in [0.2, 0.25) is 5.91 Å². The van der Waals surface area contributed by atoms with Crippen molar-refractivity contribution < 1.29 is 9.59 Å². The number of hydrogen-bond donors (Lipinski definition) is 2. The van der Waals surface area contributed by atoms with Gasteiger partial charge in [-0.25, -0.2) is 0 Å². The van der Waals surface area contributed by atoms with Crippen molar-refractivity contribution in [2.45, 2.75) is 18.9 Å². The van der Waals surface area contributed by atoms with E-state index in [-0.39, 0.29) is 18.4 Å². The maximum atomic E-state index is 12.0. The highest BCUT2D eigenvalue weighted by Crippen LogP contribution is 2.24. The molecular formula is C20H23N3O2. The van der Waals surface area contributed by atoms with E-state index in [1.165, 1.54) is 5.69 Å². The summed E-state index contributed by atoms with van der Waals surface area (Å²) in [6.07, 6.45) is 2.19. The maximum absolute atomic E-state index is 12.0. The Morgan fingerprint density at radius 2 is 1.64 bits per heavy atom. The molecule has 5 heteroatoms. The number of anilines is 1. The lowest BCUT2D eigenvalue weighted by atomic mass is 10.2. The second-order valence-electron chi connectivity index (χ2n) is 6.18. The number of para-hydroxylation sites is 1. The van der Waals surface area contributed by atoms with E-state index in [1.807, 2.05) is 24.3 Å². The van der Waals surface area contributed by atoms with Crippen LogP contribution >= 0.6 is 0 Å². The van der Waals surface area contributed by atoms with Gasteiger partial charge < -0.3 is 15.5 Å². The van der Waals surface area contributed by atoms with Gasteiger partial charge in [0.1, 0.15) is 0 Å². The van der Waals surface area contributed by atoms with E-state index in [2.05, 4.69) is 27.7 Å². The number of carbonyl (C=O) groups excluding carboxylic acids is 2. The standard InChI is InChI=1S/C20H23N3O2/c24-19(15-22-20(25)16-8-3-1-4-9-16)21-14-18-12-7-13-23(18)17-10-5-2-6-11-17/h1-6,8-11,18H,7,12-15H2,(H,21,24)(H,22,25). The van der Waals surface area contributed by atoms with Crippen molar-refractivity contribution in [3.8, 4) is 0 Å². The van der Waals surface area contributed by atoms with E-state index in [0.717, 1.165) is 19.4 Å². The fraction of sp³-hybridized carbons (Fsp3) is 0.300. The molecule has 2 aromatic carbocycles. The molecule has 130 valence electrons. The van der Waals surface area contributed by atoms with Crippen LogP contribution in [0.5, 0.6) is 0 Å². The first kappa shape index (κ1) is 17.0. The van der Waals surface area contributed by atoms with Gasteiger partial charge in [-0.05, 0) is 37.1 Å². The second-order valence-corrected chi connectivity index (χ2v) is 6.18. The molecule has 3 rings (SSSR count). The predicted molar refractivity (Wildman–Crippen MR) is 98.6 cm³/mol. The van der Waals surface area contributed by atoms with Gasteiger partial charge in [0.25, 0.3) is 5.91 Å². The molecule has 1 atom stereocenters. The van der Waals surface area contributed by atoms with Crippen LogP contribution in [0.25, 0.3) is 0 Å². The minimum atomic E-state index is -0.234. The molecule has 1 aliphatic rings. The second kappa shape index (κ2) is 8.33. The first-order valence-electron chi connectivity index (χ1n) is 8.65. The van der Waals surface area contributed by atoms with Crippen LogP contribution in [-0.4, -0.2) is 37.5 Å². The molecule has 1 saturated heterocycles. The molecule has 25 heavy (non-hydrogen) atoms. The normalized spacial score (nSPS) is 16.5. The number of amides is 2. The van der Waals surface area contributed by atoms with Gasteiger partial charge in [0.05, 0.1) is 6.54 Å². The van der Waals surface area contributed by atoms with Gasteiger partial charge >= 0.3 is 0 Å². The van der Waals surface area contributed by atoms with E-state index in [9.17, 15) is 9.59 Å². The van der Waals surface area contributed by atoms with Gasteiger partial charge in [-0.3, -0.25) is 9.59 Å². The number of nitrogens with one attached hydrogen (secondary N) is 2. The van der Waals surface area contributed by atoms with Gasteiger partial charge in [-0.1, -0.05) is 36.4 Å². The predicted octanol–water partition coefficient (Wildman–Crippen LogP) is 2.20. The number of nitrogens with zero attached hydrogens (tertiary/aromatic N) is 1. The fourth-order valence-electron chi connectivity index (χ4n) is 3.15. The smallest absolute Gasteiger partial charge is 0.251 e. The zero-order chi connectivity index (χ0) is 17.5. The number of carbonyl (C=O) groups is 2. The zero-order valence-electron chi connectivity index (χ0n) is 14.2. The topological polar surface area (TPSA) is 61.4 Å². The van der Waals surface area contributed by atoms with Gasteiger partial charge in [0, 0.05) is 30.4 Å². The summed E-state index contributed by atoms with van der Waals surface area (Å²) in [5, 5.41) is 5.59. The lowest BCUT2D eigenvalue weighted by Gasteiger charge is -2.27. The monoisotopic (exact) mass is 337 g/mol. The molecule has 2 amide bonds. The molecule has 0 aromatic heterocycles. The molecular weight excluding hydrogens is 314 g/mol. The first-order valence-corrected chi connectivity index (χ1v) is 8.65.